The Bertz CT molecular complexity index is 3920. The van der Waals surface area contributed by atoms with Gasteiger partial charge in [-0.1, -0.05) is 182 Å². The number of hydrogen-bond donors (Lipinski definition) is 0. The standard InChI is InChI=1S/C55H37NS/c1-4-15-38(16-5-1)39-27-31-43(32-28-39)56(44-33-29-40(30-34-44)46-23-14-24-50-49-22-11-13-26-53(49)57-54(46)50)45-35-36-48-47-21-10-12-25-51(47)55(52(48)37-45,41-17-6-2-7-18-41)42-19-8-3-9-20-42/h1-37H/i2D,3D,6D,7D,8D,9D,10D,12D,17D,18D,19D,20D,21D,25D,35D,36D,37D. The van der Waals surface area contributed by atoms with E-state index in [9.17, 15) is 12.3 Å². The lowest BCUT2D eigenvalue weighted by Crippen LogP contribution is -2.28. The Morgan fingerprint density at radius 1 is 0.404 bits per heavy atom. The molecular formula is C55H37NS. The summed E-state index contributed by atoms with van der Waals surface area (Å²) >= 11 is 1.65. The van der Waals surface area contributed by atoms with Crippen molar-refractivity contribution in [2.45, 2.75) is 5.41 Å². The number of thiophene rings is 1. The molecule has 1 aliphatic rings. The fourth-order valence-electron chi connectivity index (χ4n) is 7.99. The molecule has 1 aromatic heterocycles. The zero-order valence-corrected chi connectivity index (χ0v) is 30.7. The highest BCUT2D eigenvalue weighted by atomic mass is 32.1. The van der Waals surface area contributed by atoms with Gasteiger partial charge in [0, 0.05) is 37.2 Å². The normalized spacial score (nSPS) is 16.9. The number of benzene rings is 9. The van der Waals surface area contributed by atoms with E-state index in [4.69, 9.17) is 11.0 Å². The van der Waals surface area contributed by atoms with Crippen LogP contribution in [0.25, 0.3) is 53.6 Å². The molecule has 9 aromatic carbocycles. The molecule has 57 heavy (non-hydrogen) atoms. The van der Waals surface area contributed by atoms with Crippen molar-refractivity contribution in [1.29, 1.82) is 0 Å². The van der Waals surface area contributed by atoms with Crippen LogP contribution in [0, 0.1) is 0 Å². The molecule has 0 unspecified atom stereocenters. The first kappa shape index (κ1) is 20.2. The number of nitrogens with zero attached hydrogens (tertiary/aromatic N) is 1. The lowest BCUT2D eigenvalue weighted by atomic mass is 9.67. The van der Waals surface area contributed by atoms with Gasteiger partial charge in [-0.2, -0.15) is 0 Å². The van der Waals surface area contributed by atoms with E-state index in [-0.39, 0.29) is 5.69 Å². The van der Waals surface area contributed by atoms with Crippen LogP contribution in [0.2, 0.25) is 0 Å². The largest absolute Gasteiger partial charge is 0.310 e. The molecule has 0 saturated heterocycles. The fraction of sp³-hybridized carbons (Fsp3) is 0.0182. The van der Waals surface area contributed by atoms with E-state index in [0.29, 0.717) is 11.4 Å². The topological polar surface area (TPSA) is 3.24 Å². The van der Waals surface area contributed by atoms with E-state index in [1.54, 1.807) is 35.6 Å². The minimum atomic E-state index is -2.94. The second-order valence-electron chi connectivity index (χ2n) is 13.5. The van der Waals surface area contributed by atoms with Crippen molar-refractivity contribution in [3.05, 3.63) is 246 Å². The lowest BCUT2D eigenvalue weighted by molar-refractivity contribution is 0.768. The quantitative estimate of drug-likeness (QED) is 0.156. The van der Waals surface area contributed by atoms with Crippen LogP contribution in [0.3, 0.4) is 0 Å². The molecule has 0 amide bonds. The van der Waals surface area contributed by atoms with Gasteiger partial charge in [0.05, 0.1) is 28.7 Å². The third kappa shape index (κ3) is 5.37. The molecule has 1 heterocycles. The monoisotopic (exact) mass is 760 g/mol. The van der Waals surface area contributed by atoms with Gasteiger partial charge in [-0.05, 0) is 98.1 Å². The van der Waals surface area contributed by atoms with Gasteiger partial charge in [-0.15, -0.1) is 11.3 Å². The molecule has 0 bridgehead atoms. The van der Waals surface area contributed by atoms with Crippen LogP contribution < -0.4 is 4.90 Å². The molecule has 0 atom stereocenters. The summed E-state index contributed by atoms with van der Waals surface area (Å²) in [6, 6.07) is 23.5. The highest BCUT2D eigenvalue weighted by Gasteiger charge is 2.46. The highest BCUT2D eigenvalue weighted by molar-refractivity contribution is 7.26. The van der Waals surface area contributed by atoms with E-state index in [0.717, 1.165) is 42.4 Å². The molecule has 0 N–H and O–H groups in total. The van der Waals surface area contributed by atoms with Crippen molar-refractivity contribution >= 4 is 48.6 Å². The van der Waals surface area contributed by atoms with Gasteiger partial charge in [0.15, 0.2) is 0 Å². The second-order valence-corrected chi connectivity index (χ2v) is 14.6. The summed E-state index contributed by atoms with van der Waals surface area (Å²) in [5, 5.41) is 2.19. The summed E-state index contributed by atoms with van der Waals surface area (Å²) < 4.78 is 161. The summed E-state index contributed by atoms with van der Waals surface area (Å²) in [5.41, 5.74) is -2.78. The average molecular weight is 761 g/mol. The Hall–Kier alpha value is -7.00. The molecule has 268 valence electrons. The Labute approximate surface area is 361 Å². The van der Waals surface area contributed by atoms with Crippen LogP contribution in [0.15, 0.2) is 224 Å². The number of fused-ring (bicyclic) bond motifs is 6. The van der Waals surface area contributed by atoms with Crippen LogP contribution in [-0.4, -0.2) is 0 Å². The Morgan fingerprint density at radius 3 is 1.70 bits per heavy atom. The van der Waals surface area contributed by atoms with E-state index in [1.165, 1.54) is 4.90 Å². The minimum Gasteiger partial charge on any atom is -0.310 e. The van der Waals surface area contributed by atoms with E-state index < -0.39 is 142 Å². The molecule has 11 rings (SSSR count). The van der Waals surface area contributed by atoms with Crippen LogP contribution in [0.4, 0.5) is 17.1 Å². The van der Waals surface area contributed by atoms with E-state index in [1.807, 2.05) is 78.9 Å². The first-order valence-corrected chi connectivity index (χ1v) is 19.0. The van der Waals surface area contributed by atoms with Crippen molar-refractivity contribution < 1.29 is 23.3 Å². The van der Waals surface area contributed by atoms with Crippen LogP contribution >= 0.6 is 11.3 Å². The maximum absolute atomic E-state index is 10.6. The van der Waals surface area contributed by atoms with Gasteiger partial charge in [-0.25, -0.2) is 0 Å². The maximum atomic E-state index is 10.6. The number of anilines is 3. The van der Waals surface area contributed by atoms with Crippen molar-refractivity contribution in [3.8, 4) is 33.4 Å². The lowest BCUT2D eigenvalue weighted by Gasteiger charge is -2.35. The van der Waals surface area contributed by atoms with Crippen LogP contribution in [0.1, 0.15) is 45.6 Å². The molecule has 0 radical (unpaired) electrons. The van der Waals surface area contributed by atoms with Crippen molar-refractivity contribution in [2.75, 3.05) is 4.90 Å². The van der Waals surface area contributed by atoms with Gasteiger partial charge in [0.1, 0.15) is 0 Å². The first-order chi connectivity index (χ1) is 35.3. The van der Waals surface area contributed by atoms with Crippen molar-refractivity contribution in [1.82, 2.24) is 0 Å². The van der Waals surface area contributed by atoms with Gasteiger partial charge in [-0.3, -0.25) is 0 Å². The summed E-state index contributed by atoms with van der Waals surface area (Å²) in [7, 11) is 0. The third-order valence-electron chi connectivity index (χ3n) is 10.5. The first-order valence-electron chi connectivity index (χ1n) is 26.7. The molecular weight excluding hydrogens is 707 g/mol. The predicted molar refractivity (Wildman–Crippen MR) is 242 cm³/mol. The maximum Gasteiger partial charge on any atom is 0.0714 e. The van der Waals surface area contributed by atoms with Gasteiger partial charge >= 0.3 is 0 Å². The number of hydrogen-bond acceptors (Lipinski definition) is 2. The third-order valence-corrected chi connectivity index (χ3v) is 11.8. The predicted octanol–water partition coefficient (Wildman–Crippen LogP) is 15.2. The molecule has 10 aromatic rings. The minimum absolute atomic E-state index is 0.326. The van der Waals surface area contributed by atoms with Crippen molar-refractivity contribution in [3.63, 3.8) is 0 Å². The number of rotatable bonds is 7. The Kier molecular flexibility index (Phi) is 4.84. The zero-order chi connectivity index (χ0) is 52.6. The smallest absolute Gasteiger partial charge is 0.0714 e. The molecule has 0 fully saturated rings. The van der Waals surface area contributed by atoms with Gasteiger partial charge in [0.2, 0.25) is 0 Å². The fourth-order valence-corrected chi connectivity index (χ4v) is 9.23. The zero-order valence-electron chi connectivity index (χ0n) is 46.9. The molecule has 1 aliphatic carbocycles. The summed E-state index contributed by atoms with van der Waals surface area (Å²) in [5.74, 6) is 0. The van der Waals surface area contributed by atoms with Gasteiger partial charge in [0.25, 0.3) is 0 Å². The van der Waals surface area contributed by atoms with E-state index >= 15 is 0 Å². The molecule has 0 saturated carbocycles. The summed E-state index contributed by atoms with van der Waals surface area (Å²) in [6.45, 7) is 0. The second kappa shape index (κ2) is 13.6. The average Bonchev–Trinajstić information content (AvgIpc) is 4.02. The molecule has 0 aliphatic heterocycles. The van der Waals surface area contributed by atoms with Crippen LogP contribution in [0.5, 0.6) is 0 Å². The Balaban J connectivity index is 1.29. The van der Waals surface area contributed by atoms with Crippen LogP contribution in [-0.2, 0) is 5.41 Å². The Morgan fingerprint density at radius 2 is 0.982 bits per heavy atom. The molecule has 1 nitrogen and oxygen atoms in total. The highest BCUT2D eigenvalue weighted by Crippen LogP contribution is 2.57. The molecule has 0 spiro atoms. The van der Waals surface area contributed by atoms with E-state index in [2.05, 4.69) is 18.2 Å². The molecule has 2 heteroatoms. The SMILES string of the molecule is [2H]c1c([2H])c([2H])c(C2(c3c([2H])c([2H])c([2H])c([2H])c3[2H])c3c([2H])c([2H])c([2H])c([2H])c3-c3c([2H])c([2H])c(N(c4ccc(-c5ccccc5)cc4)c4ccc(-c5cccc6c5sc5ccccc56)cc4)c([2H])c32)c([2H])c1[2H]. The van der Waals surface area contributed by atoms with Gasteiger partial charge < -0.3 is 4.90 Å². The summed E-state index contributed by atoms with van der Waals surface area (Å²) in [6.07, 6.45) is 0. The summed E-state index contributed by atoms with van der Waals surface area (Å²) in [4.78, 5) is 1.54. The van der Waals surface area contributed by atoms with Crippen molar-refractivity contribution in [2.24, 2.45) is 0 Å².